The predicted molar refractivity (Wildman–Crippen MR) is 119 cm³/mol. The number of aromatic nitrogens is 3. The SMILES string of the molecule is Nc1cc(-c2ccc3ccn(Cc4ccc(CN5CCCCC5)cc4)c3c2)[nH]n1. The number of rotatable bonds is 5. The van der Waals surface area contributed by atoms with Gasteiger partial charge in [-0.25, -0.2) is 0 Å². The van der Waals surface area contributed by atoms with Crippen LogP contribution < -0.4 is 5.73 Å². The number of likely N-dealkylation sites (tertiary alicyclic amines) is 1. The lowest BCUT2D eigenvalue weighted by molar-refractivity contribution is 0.221. The fraction of sp³-hybridized carbons (Fsp3) is 0.292. The molecule has 0 amide bonds. The topological polar surface area (TPSA) is 62.9 Å². The van der Waals surface area contributed by atoms with E-state index in [0.29, 0.717) is 5.82 Å². The van der Waals surface area contributed by atoms with Gasteiger partial charge in [0.25, 0.3) is 0 Å². The Morgan fingerprint density at radius 3 is 2.34 bits per heavy atom. The summed E-state index contributed by atoms with van der Waals surface area (Å²) >= 11 is 0. The highest BCUT2D eigenvalue weighted by atomic mass is 15.2. The normalized spacial score (nSPS) is 15.2. The minimum absolute atomic E-state index is 0.514. The third-order valence-electron chi connectivity index (χ3n) is 5.91. The first-order chi connectivity index (χ1) is 14.2. The molecule has 1 aliphatic heterocycles. The monoisotopic (exact) mass is 385 g/mol. The molecule has 4 aromatic rings. The van der Waals surface area contributed by atoms with Crippen molar-refractivity contribution in [2.24, 2.45) is 0 Å². The van der Waals surface area contributed by atoms with E-state index in [1.807, 2.05) is 6.07 Å². The van der Waals surface area contributed by atoms with Crippen LogP contribution in [-0.4, -0.2) is 32.8 Å². The predicted octanol–water partition coefficient (Wildman–Crippen LogP) is 4.65. The molecule has 0 atom stereocenters. The second-order valence-corrected chi connectivity index (χ2v) is 8.08. The van der Waals surface area contributed by atoms with Gasteiger partial charge in [-0.15, -0.1) is 0 Å². The average Bonchev–Trinajstić information content (AvgIpc) is 3.36. The van der Waals surface area contributed by atoms with Crippen molar-refractivity contribution in [1.82, 2.24) is 19.7 Å². The van der Waals surface area contributed by atoms with E-state index in [2.05, 4.69) is 74.4 Å². The molecule has 3 heterocycles. The Morgan fingerprint density at radius 2 is 1.62 bits per heavy atom. The van der Waals surface area contributed by atoms with Crippen LogP contribution in [0.4, 0.5) is 5.82 Å². The van der Waals surface area contributed by atoms with Gasteiger partial charge in [0.2, 0.25) is 0 Å². The van der Waals surface area contributed by atoms with Gasteiger partial charge in [0.05, 0.1) is 5.69 Å². The summed E-state index contributed by atoms with van der Waals surface area (Å²) < 4.78 is 2.30. The molecule has 0 spiro atoms. The van der Waals surface area contributed by atoms with E-state index in [1.165, 1.54) is 54.4 Å². The number of H-pyrrole nitrogens is 1. The number of fused-ring (bicyclic) bond motifs is 1. The largest absolute Gasteiger partial charge is 0.382 e. The maximum atomic E-state index is 5.76. The van der Waals surface area contributed by atoms with Crippen LogP contribution >= 0.6 is 0 Å². The van der Waals surface area contributed by atoms with E-state index in [1.54, 1.807) is 0 Å². The number of anilines is 1. The zero-order chi connectivity index (χ0) is 19.6. The molecule has 0 unspecified atom stereocenters. The molecule has 3 N–H and O–H groups in total. The minimum atomic E-state index is 0.514. The molecule has 0 radical (unpaired) electrons. The average molecular weight is 386 g/mol. The molecule has 5 heteroatoms. The molecule has 0 bridgehead atoms. The second-order valence-electron chi connectivity index (χ2n) is 8.08. The highest BCUT2D eigenvalue weighted by Gasteiger charge is 2.11. The van der Waals surface area contributed by atoms with Gasteiger partial charge in [-0.3, -0.25) is 10.00 Å². The summed E-state index contributed by atoms with van der Waals surface area (Å²) in [5.74, 6) is 0.514. The zero-order valence-electron chi connectivity index (χ0n) is 16.6. The summed E-state index contributed by atoms with van der Waals surface area (Å²) in [4.78, 5) is 2.57. The van der Waals surface area contributed by atoms with Crippen LogP contribution in [0.2, 0.25) is 0 Å². The zero-order valence-corrected chi connectivity index (χ0v) is 16.6. The van der Waals surface area contributed by atoms with Crippen LogP contribution in [0.3, 0.4) is 0 Å². The maximum absolute atomic E-state index is 5.76. The van der Waals surface area contributed by atoms with Crippen LogP contribution in [0.1, 0.15) is 30.4 Å². The molecule has 2 aromatic heterocycles. The van der Waals surface area contributed by atoms with Gasteiger partial charge in [0.1, 0.15) is 5.82 Å². The van der Waals surface area contributed by atoms with E-state index >= 15 is 0 Å². The molecule has 1 aliphatic rings. The van der Waals surface area contributed by atoms with Crippen LogP contribution in [0.5, 0.6) is 0 Å². The molecule has 1 fully saturated rings. The molecule has 5 rings (SSSR count). The van der Waals surface area contributed by atoms with Crippen molar-refractivity contribution in [1.29, 1.82) is 0 Å². The molecule has 0 aliphatic carbocycles. The van der Waals surface area contributed by atoms with Crippen LogP contribution in [0.25, 0.3) is 22.2 Å². The molecule has 5 nitrogen and oxygen atoms in total. The standard InChI is InChI=1S/C24H27N5/c25-24-15-22(26-27-24)21-9-8-20-10-13-29(23(20)14-21)17-19-6-4-18(5-7-19)16-28-11-2-1-3-12-28/h4-10,13-15H,1-3,11-12,16-17H2,(H3,25,26,27). The number of nitrogen functional groups attached to an aromatic ring is 1. The first-order valence-corrected chi connectivity index (χ1v) is 10.4. The van der Waals surface area contributed by atoms with E-state index in [9.17, 15) is 0 Å². The summed E-state index contributed by atoms with van der Waals surface area (Å²) in [6.07, 6.45) is 6.23. The Hall–Kier alpha value is -3.05. The summed E-state index contributed by atoms with van der Waals surface area (Å²) in [6, 6.07) is 19.6. The minimum Gasteiger partial charge on any atom is -0.382 e. The van der Waals surface area contributed by atoms with E-state index in [-0.39, 0.29) is 0 Å². The molecule has 2 aromatic carbocycles. The molecular formula is C24H27N5. The van der Waals surface area contributed by atoms with E-state index < -0.39 is 0 Å². The van der Waals surface area contributed by atoms with Gasteiger partial charge in [-0.2, -0.15) is 5.10 Å². The van der Waals surface area contributed by atoms with Crippen molar-refractivity contribution in [3.05, 3.63) is 71.9 Å². The molecule has 0 saturated carbocycles. The summed E-state index contributed by atoms with van der Waals surface area (Å²) in [6.45, 7) is 4.41. The van der Waals surface area contributed by atoms with Crippen molar-refractivity contribution in [2.75, 3.05) is 18.8 Å². The summed E-state index contributed by atoms with van der Waals surface area (Å²) in [5, 5.41) is 8.28. The Balaban J connectivity index is 1.34. The highest BCUT2D eigenvalue weighted by molar-refractivity contribution is 5.85. The third-order valence-corrected chi connectivity index (χ3v) is 5.91. The summed E-state index contributed by atoms with van der Waals surface area (Å²) in [7, 11) is 0. The van der Waals surface area contributed by atoms with E-state index in [0.717, 1.165) is 24.3 Å². The third kappa shape index (κ3) is 3.91. The van der Waals surface area contributed by atoms with E-state index in [4.69, 9.17) is 5.73 Å². The van der Waals surface area contributed by atoms with Gasteiger partial charge in [-0.05, 0) is 54.6 Å². The van der Waals surface area contributed by atoms with Gasteiger partial charge in [-0.1, -0.05) is 42.8 Å². The number of hydrogen-bond acceptors (Lipinski definition) is 3. The first-order valence-electron chi connectivity index (χ1n) is 10.4. The van der Waals surface area contributed by atoms with Gasteiger partial charge in [0.15, 0.2) is 0 Å². The van der Waals surface area contributed by atoms with Crippen molar-refractivity contribution in [3.63, 3.8) is 0 Å². The lowest BCUT2D eigenvalue weighted by Crippen LogP contribution is -2.29. The van der Waals surface area contributed by atoms with Crippen LogP contribution in [0.15, 0.2) is 60.8 Å². The number of piperidine rings is 1. The van der Waals surface area contributed by atoms with Crippen LogP contribution in [0, 0.1) is 0 Å². The van der Waals surface area contributed by atoms with Crippen molar-refractivity contribution >= 4 is 16.7 Å². The van der Waals surface area contributed by atoms with Crippen molar-refractivity contribution in [2.45, 2.75) is 32.4 Å². The van der Waals surface area contributed by atoms with Crippen molar-refractivity contribution < 1.29 is 0 Å². The Bertz CT molecular complexity index is 1100. The highest BCUT2D eigenvalue weighted by Crippen LogP contribution is 2.25. The van der Waals surface area contributed by atoms with Crippen molar-refractivity contribution in [3.8, 4) is 11.3 Å². The molecule has 148 valence electrons. The van der Waals surface area contributed by atoms with Gasteiger partial charge < -0.3 is 10.3 Å². The molecule has 1 saturated heterocycles. The molecular weight excluding hydrogens is 358 g/mol. The fourth-order valence-electron chi connectivity index (χ4n) is 4.30. The van der Waals surface area contributed by atoms with Gasteiger partial charge in [0, 0.05) is 36.4 Å². The second kappa shape index (κ2) is 7.76. The number of nitrogens with two attached hydrogens (primary N) is 1. The number of nitrogens with zero attached hydrogens (tertiary/aromatic N) is 3. The lowest BCUT2D eigenvalue weighted by Gasteiger charge is -2.26. The Kier molecular flexibility index (Phi) is 4.82. The maximum Gasteiger partial charge on any atom is 0.145 e. The van der Waals surface area contributed by atoms with Crippen LogP contribution in [-0.2, 0) is 13.1 Å². The number of aromatic amines is 1. The number of nitrogens with one attached hydrogen (secondary N) is 1. The lowest BCUT2D eigenvalue weighted by atomic mass is 10.1. The molecule has 29 heavy (non-hydrogen) atoms. The fourth-order valence-corrected chi connectivity index (χ4v) is 4.30. The van der Waals surface area contributed by atoms with Gasteiger partial charge >= 0.3 is 0 Å². The Labute approximate surface area is 171 Å². The quantitative estimate of drug-likeness (QED) is 0.526. The smallest absolute Gasteiger partial charge is 0.145 e. The number of hydrogen-bond donors (Lipinski definition) is 2. The number of benzene rings is 2. The Morgan fingerprint density at radius 1 is 0.862 bits per heavy atom. The first kappa shape index (κ1) is 18.0. The summed E-state index contributed by atoms with van der Waals surface area (Å²) in [5.41, 5.74) is 11.7.